The average Bonchev–Trinajstić information content (AvgIpc) is 2.52. The zero-order chi connectivity index (χ0) is 14.4. The summed E-state index contributed by atoms with van der Waals surface area (Å²) < 4.78 is 0. The Labute approximate surface area is 123 Å². The van der Waals surface area contributed by atoms with E-state index in [-0.39, 0.29) is 0 Å². The maximum absolute atomic E-state index is 2.27. The minimum atomic E-state index is 1.08. The van der Waals surface area contributed by atoms with E-state index in [2.05, 4.69) is 75.4 Å². The fourth-order valence-electron chi connectivity index (χ4n) is 2.77. The maximum atomic E-state index is 2.27. The molecule has 104 valence electrons. The fourth-order valence-corrected chi connectivity index (χ4v) is 2.77. The number of aryl methyl sites for hydroxylation is 2. The number of rotatable bonds is 5. The molecule has 2 rings (SSSR count). The Bertz CT molecular complexity index is 591. The Morgan fingerprint density at radius 1 is 0.650 bits per heavy atom. The molecule has 0 aliphatic carbocycles. The molecular weight excluding hydrogens is 240 g/mol. The summed E-state index contributed by atoms with van der Waals surface area (Å²) >= 11 is 0. The monoisotopic (exact) mass is 264 g/mol. The van der Waals surface area contributed by atoms with E-state index in [1.807, 2.05) is 0 Å². The van der Waals surface area contributed by atoms with Gasteiger partial charge in [-0.1, -0.05) is 75.4 Å². The zero-order valence-corrected chi connectivity index (χ0v) is 12.8. The summed E-state index contributed by atoms with van der Waals surface area (Å²) in [4.78, 5) is 0. The van der Waals surface area contributed by atoms with Gasteiger partial charge in [-0.2, -0.15) is 0 Å². The van der Waals surface area contributed by atoms with Crippen molar-refractivity contribution in [2.24, 2.45) is 0 Å². The number of hydrogen-bond donors (Lipinski definition) is 0. The maximum Gasteiger partial charge on any atom is -0.0222 e. The molecule has 0 aliphatic rings. The lowest BCUT2D eigenvalue weighted by molar-refractivity contribution is 1.03. The largest absolute Gasteiger partial charge is 0.0620 e. The van der Waals surface area contributed by atoms with Crippen molar-refractivity contribution in [2.45, 2.75) is 40.0 Å². The fraction of sp³-hybridized carbons (Fsp3) is 0.300. The van der Waals surface area contributed by atoms with Crippen molar-refractivity contribution >= 4 is 12.2 Å². The molecule has 0 N–H and O–H groups in total. The van der Waals surface area contributed by atoms with Gasteiger partial charge in [0.2, 0.25) is 0 Å². The summed E-state index contributed by atoms with van der Waals surface area (Å²) in [6.07, 6.45) is 7.81. The molecule has 0 atom stereocenters. The number of hydrogen-bond acceptors (Lipinski definition) is 0. The topological polar surface area (TPSA) is 0 Å². The molecule has 0 aromatic heterocycles. The molecule has 0 nitrogen and oxygen atoms in total. The van der Waals surface area contributed by atoms with Crippen LogP contribution in [0, 0.1) is 0 Å². The van der Waals surface area contributed by atoms with E-state index in [1.165, 1.54) is 27.8 Å². The Kier molecular flexibility index (Phi) is 5.17. The van der Waals surface area contributed by atoms with Crippen LogP contribution in [0.3, 0.4) is 0 Å². The summed E-state index contributed by atoms with van der Waals surface area (Å²) in [6, 6.07) is 15.3. The van der Waals surface area contributed by atoms with Gasteiger partial charge in [-0.3, -0.25) is 0 Å². The van der Waals surface area contributed by atoms with Crippen LogP contribution in [0.2, 0.25) is 0 Å². The molecule has 0 spiro atoms. The van der Waals surface area contributed by atoms with Gasteiger partial charge in [0.05, 0.1) is 0 Å². The average molecular weight is 264 g/mol. The van der Waals surface area contributed by atoms with E-state index in [4.69, 9.17) is 0 Å². The minimum Gasteiger partial charge on any atom is -0.0620 e. The highest BCUT2D eigenvalue weighted by atomic mass is 14.1. The number of benzene rings is 2. The molecule has 0 bridgehead atoms. The van der Waals surface area contributed by atoms with Gasteiger partial charge in [0, 0.05) is 0 Å². The predicted molar refractivity (Wildman–Crippen MR) is 89.9 cm³/mol. The van der Waals surface area contributed by atoms with Crippen LogP contribution in [0.4, 0.5) is 0 Å². The SMILES string of the molecule is CCc1ccccc1/C=C/c1cccc(CC)c1CC. The molecule has 2 aromatic carbocycles. The van der Waals surface area contributed by atoms with Gasteiger partial charge in [-0.15, -0.1) is 0 Å². The molecule has 0 unspecified atom stereocenters. The van der Waals surface area contributed by atoms with Gasteiger partial charge in [-0.25, -0.2) is 0 Å². The van der Waals surface area contributed by atoms with E-state index >= 15 is 0 Å². The second-order valence-electron chi connectivity index (χ2n) is 5.08. The summed E-state index contributed by atoms with van der Waals surface area (Å²) in [5.41, 5.74) is 7.06. The normalized spacial score (nSPS) is 11.2. The van der Waals surface area contributed by atoms with E-state index < -0.39 is 0 Å². The molecule has 2 aromatic rings. The lowest BCUT2D eigenvalue weighted by Gasteiger charge is -2.09. The molecule has 0 heterocycles. The Hall–Kier alpha value is -1.82. The second-order valence-corrected chi connectivity index (χ2v) is 5.08. The van der Waals surface area contributed by atoms with Gasteiger partial charge in [0.25, 0.3) is 0 Å². The standard InChI is InChI=1S/C20H24/c1-4-16-10-7-8-11-18(16)14-15-19-13-9-12-17(5-2)20(19)6-3/h7-15H,4-6H2,1-3H3/b15-14+. The molecule has 0 aliphatic heterocycles. The van der Waals surface area contributed by atoms with Gasteiger partial charge in [0.1, 0.15) is 0 Å². The smallest absolute Gasteiger partial charge is 0.0222 e. The van der Waals surface area contributed by atoms with Crippen LogP contribution in [0.5, 0.6) is 0 Å². The highest BCUT2D eigenvalue weighted by Gasteiger charge is 2.03. The lowest BCUT2D eigenvalue weighted by atomic mass is 9.96. The van der Waals surface area contributed by atoms with Crippen LogP contribution in [-0.4, -0.2) is 0 Å². The van der Waals surface area contributed by atoms with Crippen LogP contribution in [-0.2, 0) is 19.3 Å². The first-order chi connectivity index (χ1) is 9.80. The van der Waals surface area contributed by atoms with Crippen molar-refractivity contribution in [3.63, 3.8) is 0 Å². The summed E-state index contributed by atoms with van der Waals surface area (Å²) in [5.74, 6) is 0. The third-order valence-corrected chi connectivity index (χ3v) is 3.92. The van der Waals surface area contributed by atoms with E-state index in [0.29, 0.717) is 0 Å². The highest BCUT2D eigenvalue weighted by Crippen LogP contribution is 2.20. The Balaban J connectivity index is 2.36. The van der Waals surface area contributed by atoms with Gasteiger partial charge in [0.15, 0.2) is 0 Å². The Morgan fingerprint density at radius 3 is 1.95 bits per heavy atom. The second kappa shape index (κ2) is 7.09. The van der Waals surface area contributed by atoms with Crippen molar-refractivity contribution in [2.75, 3.05) is 0 Å². The quantitative estimate of drug-likeness (QED) is 0.622. The third-order valence-electron chi connectivity index (χ3n) is 3.92. The van der Waals surface area contributed by atoms with Crippen LogP contribution >= 0.6 is 0 Å². The zero-order valence-electron chi connectivity index (χ0n) is 12.8. The predicted octanol–water partition coefficient (Wildman–Crippen LogP) is 5.54. The molecule has 0 amide bonds. The molecule has 0 saturated carbocycles. The van der Waals surface area contributed by atoms with Crippen LogP contribution in [0.1, 0.15) is 48.6 Å². The van der Waals surface area contributed by atoms with Crippen LogP contribution < -0.4 is 0 Å². The molecular formula is C20H24. The molecule has 0 fully saturated rings. The van der Waals surface area contributed by atoms with Crippen molar-refractivity contribution < 1.29 is 0 Å². The third kappa shape index (κ3) is 3.19. The lowest BCUT2D eigenvalue weighted by Crippen LogP contribution is -1.94. The van der Waals surface area contributed by atoms with Gasteiger partial charge in [-0.05, 0) is 47.1 Å². The molecule has 0 radical (unpaired) electrons. The highest BCUT2D eigenvalue weighted by molar-refractivity contribution is 5.73. The summed E-state index contributed by atoms with van der Waals surface area (Å²) in [6.45, 7) is 6.68. The minimum absolute atomic E-state index is 1.08. The summed E-state index contributed by atoms with van der Waals surface area (Å²) in [5, 5.41) is 0. The summed E-state index contributed by atoms with van der Waals surface area (Å²) in [7, 11) is 0. The van der Waals surface area contributed by atoms with Crippen LogP contribution in [0.15, 0.2) is 42.5 Å². The van der Waals surface area contributed by atoms with Crippen molar-refractivity contribution in [3.8, 4) is 0 Å². The van der Waals surface area contributed by atoms with Crippen LogP contribution in [0.25, 0.3) is 12.2 Å². The van der Waals surface area contributed by atoms with Crippen molar-refractivity contribution in [3.05, 3.63) is 70.3 Å². The first kappa shape index (κ1) is 14.6. The first-order valence-electron chi connectivity index (χ1n) is 7.66. The van der Waals surface area contributed by atoms with E-state index in [1.54, 1.807) is 0 Å². The van der Waals surface area contributed by atoms with Crippen molar-refractivity contribution in [1.29, 1.82) is 0 Å². The van der Waals surface area contributed by atoms with Gasteiger partial charge < -0.3 is 0 Å². The molecule has 0 heteroatoms. The van der Waals surface area contributed by atoms with Gasteiger partial charge >= 0.3 is 0 Å². The van der Waals surface area contributed by atoms with E-state index in [9.17, 15) is 0 Å². The van der Waals surface area contributed by atoms with E-state index in [0.717, 1.165) is 19.3 Å². The van der Waals surface area contributed by atoms with Crippen molar-refractivity contribution in [1.82, 2.24) is 0 Å². The Morgan fingerprint density at radius 2 is 1.25 bits per heavy atom. The molecule has 0 saturated heterocycles. The molecule has 20 heavy (non-hydrogen) atoms. The first-order valence-corrected chi connectivity index (χ1v) is 7.66.